The topological polar surface area (TPSA) is 105 Å². The average molecular weight is 654 g/mol. The molecule has 3 atom stereocenters. The highest BCUT2D eigenvalue weighted by Gasteiger charge is 2.72. The van der Waals surface area contributed by atoms with Crippen molar-refractivity contribution in [3.63, 3.8) is 0 Å². The molecule has 0 radical (unpaired) electrons. The third kappa shape index (κ3) is 5.16. The van der Waals surface area contributed by atoms with Gasteiger partial charge in [-0.1, -0.05) is 24.3 Å². The van der Waals surface area contributed by atoms with E-state index in [0.717, 1.165) is 81.3 Å². The monoisotopic (exact) mass is 653 g/mol. The van der Waals surface area contributed by atoms with Gasteiger partial charge >= 0.3 is 0 Å². The molecule has 2 aromatic heterocycles. The molecule has 2 aliphatic heterocycles. The maximum atomic E-state index is 14.9. The summed E-state index contributed by atoms with van der Waals surface area (Å²) in [6.07, 6.45) is 11.3. The van der Waals surface area contributed by atoms with Crippen LogP contribution in [-0.2, 0) is 22.0 Å². The van der Waals surface area contributed by atoms with Gasteiger partial charge in [-0.15, -0.1) is 0 Å². The molecule has 3 N–H and O–H groups in total. The Morgan fingerprint density at radius 2 is 1.85 bits per heavy atom. The number of pyridine rings is 2. The molecule has 4 aliphatic rings. The Hall–Kier alpha value is -3.86. The van der Waals surface area contributed by atoms with Crippen LogP contribution in [0.3, 0.4) is 0 Å². The van der Waals surface area contributed by atoms with Crippen molar-refractivity contribution in [2.75, 3.05) is 41.0 Å². The van der Waals surface area contributed by atoms with Gasteiger partial charge in [0.25, 0.3) is 0 Å². The van der Waals surface area contributed by atoms with Crippen molar-refractivity contribution in [3.05, 3.63) is 106 Å². The Bertz CT molecular complexity index is 2140. The first-order valence-corrected chi connectivity index (χ1v) is 19.3. The minimum atomic E-state index is -3.42. The van der Waals surface area contributed by atoms with Crippen LogP contribution in [0.15, 0.2) is 82.6 Å². The van der Waals surface area contributed by atoms with Gasteiger partial charge in [-0.05, 0) is 90.7 Å². The molecule has 238 valence electrons. The van der Waals surface area contributed by atoms with Gasteiger partial charge in [-0.2, -0.15) is 10.5 Å². The molecule has 4 aromatic rings. The number of nitrogens with one attached hydrogen (secondary N) is 3. The molecule has 1 saturated heterocycles. The zero-order chi connectivity index (χ0) is 31.8. The Morgan fingerprint density at radius 3 is 2.50 bits per heavy atom. The summed E-state index contributed by atoms with van der Waals surface area (Å²) in [5, 5.41) is 7.38. The van der Waals surface area contributed by atoms with Crippen molar-refractivity contribution in [1.82, 2.24) is 9.72 Å². The molecular formula is C36H39N5O3S2. The maximum Gasteiger partial charge on any atom is 0.229 e. The van der Waals surface area contributed by atoms with Crippen molar-refractivity contribution in [1.29, 1.82) is 0 Å². The highest BCUT2D eigenvalue weighted by atomic mass is 32.2. The molecule has 0 amide bonds. The van der Waals surface area contributed by atoms with Gasteiger partial charge in [-0.25, -0.2) is 8.42 Å². The van der Waals surface area contributed by atoms with E-state index in [2.05, 4.69) is 67.3 Å². The lowest BCUT2D eigenvalue weighted by Crippen LogP contribution is -2.27. The Kier molecular flexibility index (Phi) is 6.97. The van der Waals surface area contributed by atoms with Crippen LogP contribution in [0.4, 0.5) is 17.1 Å². The van der Waals surface area contributed by atoms with Crippen LogP contribution in [0.5, 0.6) is 0 Å². The highest BCUT2D eigenvalue weighted by Crippen LogP contribution is 2.60. The SMILES string of the molecule is CN(C)c1ccc(Cc2c(=O)c(C3=CCCS(=C4CCC4)c4cc(NS(C)(=O)=O)ccc4N3)c(C34CC3N4)n3ccccc23)cc1. The Labute approximate surface area is 272 Å². The molecule has 3 unspecified atom stereocenters. The van der Waals surface area contributed by atoms with Gasteiger partial charge in [0, 0.05) is 60.3 Å². The van der Waals surface area contributed by atoms with Crippen molar-refractivity contribution >= 4 is 53.6 Å². The summed E-state index contributed by atoms with van der Waals surface area (Å²) in [5.41, 5.74) is 7.95. The second kappa shape index (κ2) is 10.9. The molecule has 10 heteroatoms. The van der Waals surface area contributed by atoms with E-state index in [4.69, 9.17) is 0 Å². The van der Waals surface area contributed by atoms with Crippen molar-refractivity contribution < 1.29 is 8.42 Å². The van der Waals surface area contributed by atoms with E-state index in [9.17, 15) is 13.2 Å². The highest BCUT2D eigenvalue weighted by molar-refractivity contribution is 8.16. The number of hydrogen-bond donors (Lipinski definition) is 3. The van der Waals surface area contributed by atoms with Crippen LogP contribution in [0.25, 0.3) is 11.2 Å². The maximum absolute atomic E-state index is 14.9. The smallest absolute Gasteiger partial charge is 0.229 e. The number of benzene rings is 2. The number of nitrogens with zero attached hydrogens (tertiary/aromatic N) is 2. The first kappa shape index (κ1) is 29.5. The first-order valence-electron chi connectivity index (χ1n) is 16.0. The number of rotatable bonds is 7. The van der Waals surface area contributed by atoms with Crippen LogP contribution in [0.1, 0.15) is 54.5 Å². The second-order valence-corrected chi connectivity index (χ2v) is 17.2. The number of sulfonamides is 1. The van der Waals surface area contributed by atoms with E-state index in [1.807, 2.05) is 44.4 Å². The lowest BCUT2D eigenvalue weighted by Gasteiger charge is -2.28. The fraction of sp³-hybridized carbons (Fsp3) is 0.333. The lowest BCUT2D eigenvalue weighted by molar-refractivity contribution is 0.607. The molecule has 8 rings (SSSR count). The number of allylic oxidation sites excluding steroid dienone is 1. The largest absolute Gasteiger partial charge is 0.378 e. The summed E-state index contributed by atoms with van der Waals surface area (Å²) in [6, 6.07) is 20.8. The van der Waals surface area contributed by atoms with Gasteiger partial charge < -0.3 is 14.6 Å². The van der Waals surface area contributed by atoms with Crippen molar-refractivity contribution in [2.45, 2.75) is 55.0 Å². The molecular weight excluding hydrogens is 615 g/mol. The predicted octanol–water partition coefficient (Wildman–Crippen LogP) is 5.74. The van der Waals surface area contributed by atoms with E-state index in [-0.39, 0.29) is 21.5 Å². The standard InChI is InChI=1S/C36H39N5O3S2/c1-40(2)25-15-12-23(13-16-25)20-27-30-11-4-5-18-41(30)35(36-22-32(36)38-36)33(34(27)42)29-10-7-19-45(26-8-6-9-26)31-21-24(39-46(3,43)44)14-17-28(31)37-29/h4-5,10-18,21,32,37-39H,6-9,19-20,22H2,1-3H3. The number of anilines is 3. The molecule has 0 bridgehead atoms. The lowest BCUT2D eigenvalue weighted by atomic mass is 9.95. The molecule has 3 fully saturated rings. The molecule has 0 spiro atoms. The normalized spacial score (nSPS) is 23.2. The zero-order valence-electron chi connectivity index (χ0n) is 26.4. The van der Waals surface area contributed by atoms with E-state index >= 15 is 0 Å². The van der Waals surface area contributed by atoms with Gasteiger partial charge in [0.2, 0.25) is 10.0 Å². The van der Waals surface area contributed by atoms with Crippen LogP contribution < -0.4 is 25.7 Å². The predicted molar refractivity (Wildman–Crippen MR) is 191 cm³/mol. The van der Waals surface area contributed by atoms with Crippen LogP contribution in [0, 0.1) is 0 Å². The number of hydrogen-bond acceptors (Lipinski definition) is 6. The molecule has 8 nitrogen and oxygen atoms in total. The van der Waals surface area contributed by atoms with Crippen LogP contribution in [-0.4, -0.2) is 49.8 Å². The van der Waals surface area contributed by atoms with Gasteiger partial charge in [0.15, 0.2) is 5.43 Å². The summed E-state index contributed by atoms with van der Waals surface area (Å²) < 4.78 is 29.2. The van der Waals surface area contributed by atoms with E-state index in [1.165, 1.54) is 12.7 Å². The summed E-state index contributed by atoms with van der Waals surface area (Å²) in [4.78, 5) is 19.7. The fourth-order valence-corrected chi connectivity index (χ4v) is 10.1. The minimum absolute atomic E-state index is 0.0650. The van der Waals surface area contributed by atoms with Crippen LogP contribution in [0.2, 0.25) is 0 Å². The molecule has 4 heterocycles. The zero-order valence-corrected chi connectivity index (χ0v) is 28.0. The summed E-state index contributed by atoms with van der Waals surface area (Å²) in [5.74, 6) is 0.942. The van der Waals surface area contributed by atoms with E-state index < -0.39 is 10.0 Å². The molecule has 2 aromatic carbocycles. The molecule has 2 aliphatic carbocycles. The summed E-state index contributed by atoms with van der Waals surface area (Å²) >= 11 is 0. The number of aromatic nitrogens is 1. The molecule has 2 saturated carbocycles. The van der Waals surface area contributed by atoms with Crippen molar-refractivity contribution in [2.24, 2.45) is 0 Å². The third-order valence-electron chi connectivity index (χ3n) is 9.73. The minimum Gasteiger partial charge on any atom is -0.378 e. The van der Waals surface area contributed by atoms with E-state index in [1.54, 1.807) is 4.86 Å². The van der Waals surface area contributed by atoms with Gasteiger partial charge in [0.1, 0.15) is 0 Å². The number of fused-ring (bicyclic) bond motifs is 3. The summed E-state index contributed by atoms with van der Waals surface area (Å²) in [7, 11) is 0.535. The third-order valence-corrected chi connectivity index (χ3v) is 13.0. The second-order valence-electron chi connectivity index (χ2n) is 13.2. The van der Waals surface area contributed by atoms with Crippen molar-refractivity contribution in [3.8, 4) is 0 Å². The quantitative estimate of drug-likeness (QED) is 0.174. The fourth-order valence-electron chi connectivity index (χ4n) is 6.96. The average Bonchev–Trinajstić information content (AvgIpc) is 3.87. The Morgan fingerprint density at radius 1 is 1.09 bits per heavy atom. The Balaban J connectivity index is 1.29. The van der Waals surface area contributed by atoms with Gasteiger partial charge in [-0.3, -0.25) is 14.8 Å². The first-order chi connectivity index (χ1) is 22.1. The molecule has 46 heavy (non-hydrogen) atoms. The summed E-state index contributed by atoms with van der Waals surface area (Å²) in [6.45, 7) is 0. The van der Waals surface area contributed by atoms with E-state index in [0.29, 0.717) is 18.2 Å². The van der Waals surface area contributed by atoms with Crippen LogP contribution >= 0.6 is 10.5 Å². The van der Waals surface area contributed by atoms with Gasteiger partial charge in [0.05, 0.1) is 34.3 Å².